The van der Waals surface area contributed by atoms with Crippen LogP contribution in [-0.2, 0) is 4.79 Å². The fourth-order valence-corrected chi connectivity index (χ4v) is 2.98. The van der Waals surface area contributed by atoms with Gasteiger partial charge in [0.1, 0.15) is 0 Å². The number of carbonyl (C=O) groups is 1. The molecule has 1 aliphatic carbocycles. The Balaban J connectivity index is 0.00000180. The molecule has 2 aliphatic rings. The number of hydrogen-bond acceptors (Lipinski definition) is 2. The van der Waals surface area contributed by atoms with Crippen molar-refractivity contribution < 1.29 is 4.79 Å². The zero-order valence-corrected chi connectivity index (χ0v) is 12.6. The fourth-order valence-electron chi connectivity index (χ4n) is 2.98. The highest BCUT2D eigenvalue weighted by Gasteiger charge is 2.14. The van der Waals surface area contributed by atoms with Crippen molar-refractivity contribution in [3.63, 3.8) is 0 Å². The SMILES string of the molecule is Cl.O=C(CCCC1CCCC1)NCC1=CCNCC1. The molecule has 1 saturated carbocycles. The first kappa shape index (κ1) is 16.5. The summed E-state index contributed by atoms with van der Waals surface area (Å²) in [6.45, 7) is 2.75. The standard InChI is InChI=1S/C15H26N2O.ClH/c18-15(7-3-6-13-4-1-2-5-13)17-12-14-8-10-16-11-9-14;/h8,13,16H,1-7,9-12H2,(H,17,18);1H. The zero-order valence-electron chi connectivity index (χ0n) is 11.7. The van der Waals surface area contributed by atoms with E-state index in [0.717, 1.165) is 38.4 Å². The quantitative estimate of drug-likeness (QED) is 0.737. The average Bonchev–Trinajstić information content (AvgIpc) is 2.91. The molecule has 0 aromatic carbocycles. The Morgan fingerprint density at radius 3 is 2.84 bits per heavy atom. The van der Waals surface area contributed by atoms with Crippen LogP contribution in [0.25, 0.3) is 0 Å². The Bertz CT molecular complexity index is 299. The summed E-state index contributed by atoms with van der Waals surface area (Å²) in [6.07, 6.45) is 11.9. The van der Waals surface area contributed by atoms with Gasteiger partial charge in [-0.25, -0.2) is 0 Å². The van der Waals surface area contributed by atoms with E-state index in [1.54, 1.807) is 0 Å². The van der Waals surface area contributed by atoms with Crippen molar-refractivity contribution in [1.82, 2.24) is 10.6 Å². The average molecular weight is 287 g/mol. The number of amides is 1. The van der Waals surface area contributed by atoms with Crippen molar-refractivity contribution in [2.75, 3.05) is 19.6 Å². The summed E-state index contributed by atoms with van der Waals surface area (Å²) in [5, 5.41) is 6.32. The van der Waals surface area contributed by atoms with Gasteiger partial charge in [0.15, 0.2) is 0 Å². The summed E-state index contributed by atoms with van der Waals surface area (Å²) in [6, 6.07) is 0. The van der Waals surface area contributed by atoms with E-state index in [4.69, 9.17) is 0 Å². The van der Waals surface area contributed by atoms with Crippen molar-refractivity contribution in [3.8, 4) is 0 Å². The van der Waals surface area contributed by atoms with Crippen molar-refractivity contribution in [3.05, 3.63) is 11.6 Å². The zero-order chi connectivity index (χ0) is 12.6. The summed E-state index contributed by atoms with van der Waals surface area (Å²) in [5.41, 5.74) is 1.37. The number of hydrogen-bond donors (Lipinski definition) is 2. The lowest BCUT2D eigenvalue weighted by Crippen LogP contribution is -2.29. The Morgan fingerprint density at radius 1 is 1.37 bits per heavy atom. The van der Waals surface area contributed by atoms with Crippen molar-refractivity contribution in [2.24, 2.45) is 5.92 Å². The highest BCUT2D eigenvalue weighted by molar-refractivity contribution is 5.85. The predicted octanol–water partition coefficient (Wildman–Crippen LogP) is 2.80. The number of halogens is 1. The molecular weight excluding hydrogens is 260 g/mol. The van der Waals surface area contributed by atoms with Crippen LogP contribution < -0.4 is 10.6 Å². The largest absolute Gasteiger partial charge is 0.352 e. The summed E-state index contributed by atoms with van der Waals surface area (Å²) in [7, 11) is 0. The van der Waals surface area contributed by atoms with Crippen LogP contribution >= 0.6 is 12.4 Å². The molecule has 0 aromatic rings. The Kier molecular flexibility index (Phi) is 8.15. The van der Waals surface area contributed by atoms with Gasteiger partial charge in [-0.1, -0.05) is 37.3 Å². The van der Waals surface area contributed by atoms with Crippen molar-refractivity contribution in [1.29, 1.82) is 0 Å². The molecule has 4 heteroatoms. The number of nitrogens with one attached hydrogen (secondary N) is 2. The van der Waals surface area contributed by atoms with Crippen molar-refractivity contribution in [2.45, 2.75) is 51.4 Å². The van der Waals surface area contributed by atoms with Crippen LogP contribution in [0.4, 0.5) is 0 Å². The predicted molar refractivity (Wildman–Crippen MR) is 81.6 cm³/mol. The summed E-state index contributed by atoms with van der Waals surface area (Å²) in [4.78, 5) is 11.7. The third-order valence-electron chi connectivity index (χ3n) is 4.16. The first-order valence-electron chi connectivity index (χ1n) is 7.50. The Labute approximate surface area is 123 Å². The summed E-state index contributed by atoms with van der Waals surface area (Å²) in [5.74, 6) is 1.14. The van der Waals surface area contributed by atoms with Gasteiger partial charge in [0.2, 0.25) is 5.91 Å². The van der Waals surface area contributed by atoms with E-state index in [1.807, 2.05) is 0 Å². The van der Waals surface area contributed by atoms with Gasteiger partial charge in [-0.3, -0.25) is 4.79 Å². The molecule has 19 heavy (non-hydrogen) atoms. The molecule has 0 spiro atoms. The van der Waals surface area contributed by atoms with Crippen molar-refractivity contribution >= 4 is 18.3 Å². The van der Waals surface area contributed by atoms with E-state index >= 15 is 0 Å². The van der Waals surface area contributed by atoms with Crippen LogP contribution in [0.1, 0.15) is 51.4 Å². The smallest absolute Gasteiger partial charge is 0.220 e. The molecule has 2 N–H and O–H groups in total. The lowest BCUT2D eigenvalue weighted by Gasteiger charge is -2.14. The normalized spacial score (nSPS) is 19.7. The van der Waals surface area contributed by atoms with E-state index in [2.05, 4.69) is 16.7 Å². The molecule has 110 valence electrons. The minimum absolute atomic E-state index is 0. The van der Waals surface area contributed by atoms with Crippen LogP contribution in [0.15, 0.2) is 11.6 Å². The second-order valence-electron chi connectivity index (χ2n) is 5.64. The van der Waals surface area contributed by atoms with E-state index in [-0.39, 0.29) is 18.3 Å². The lowest BCUT2D eigenvalue weighted by molar-refractivity contribution is -0.121. The number of rotatable bonds is 6. The minimum Gasteiger partial charge on any atom is -0.352 e. The first-order chi connectivity index (χ1) is 8.84. The Morgan fingerprint density at radius 2 is 2.16 bits per heavy atom. The molecular formula is C15H27ClN2O. The van der Waals surface area contributed by atoms with E-state index in [1.165, 1.54) is 37.7 Å². The van der Waals surface area contributed by atoms with E-state index in [9.17, 15) is 4.79 Å². The molecule has 0 bridgehead atoms. The highest BCUT2D eigenvalue weighted by Crippen LogP contribution is 2.28. The second-order valence-corrected chi connectivity index (χ2v) is 5.64. The second kappa shape index (κ2) is 9.38. The third kappa shape index (κ3) is 6.44. The van der Waals surface area contributed by atoms with Gasteiger partial charge in [-0.2, -0.15) is 0 Å². The molecule has 0 saturated heterocycles. The highest BCUT2D eigenvalue weighted by atomic mass is 35.5. The van der Waals surface area contributed by atoms with Gasteiger partial charge in [-0.15, -0.1) is 12.4 Å². The van der Waals surface area contributed by atoms with Crippen LogP contribution in [0.5, 0.6) is 0 Å². The maximum Gasteiger partial charge on any atom is 0.220 e. The molecule has 1 amide bonds. The maximum atomic E-state index is 11.7. The molecule has 1 aliphatic heterocycles. The molecule has 2 rings (SSSR count). The molecule has 0 aromatic heterocycles. The van der Waals surface area contributed by atoms with Gasteiger partial charge < -0.3 is 10.6 Å². The topological polar surface area (TPSA) is 41.1 Å². The van der Waals surface area contributed by atoms with Crippen LogP contribution in [0.3, 0.4) is 0 Å². The molecule has 0 unspecified atom stereocenters. The van der Waals surface area contributed by atoms with Gasteiger partial charge in [0.25, 0.3) is 0 Å². The molecule has 1 fully saturated rings. The van der Waals surface area contributed by atoms with Crippen LogP contribution in [0.2, 0.25) is 0 Å². The van der Waals surface area contributed by atoms with Crippen LogP contribution in [-0.4, -0.2) is 25.5 Å². The maximum absolute atomic E-state index is 11.7. The number of carbonyl (C=O) groups excluding carboxylic acids is 1. The lowest BCUT2D eigenvalue weighted by atomic mass is 10.0. The van der Waals surface area contributed by atoms with Gasteiger partial charge in [0.05, 0.1) is 0 Å². The summed E-state index contributed by atoms with van der Waals surface area (Å²) < 4.78 is 0. The monoisotopic (exact) mass is 286 g/mol. The van der Waals surface area contributed by atoms with E-state index < -0.39 is 0 Å². The molecule has 0 radical (unpaired) electrons. The van der Waals surface area contributed by atoms with Crippen LogP contribution in [0, 0.1) is 5.92 Å². The molecule has 1 heterocycles. The fraction of sp³-hybridized carbons (Fsp3) is 0.800. The van der Waals surface area contributed by atoms with E-state index in [0.29, 0.717) is 6.42 Å². The molecule has 3 nitrogen and oxygen atoms in total. The summed E-state index contributed by atoms with van der Waals surface area (Å²) >= 11 is 0. The third-order valence-corrected chi connectivity index (χ3v) is 4.16. The Hall–Kier alpha value is -0.540. The van der Waals surface area contributed by atoms with Gasteiger partial charge in [-0.05, 0) is 31.7 Å². The minimum atomic E-state index is 0. The van der Waals surface area contributed by atoms with Gasteiger partial charge >= 0.3 is 0 Å². The molecule has 0 atom stereocenters. The first-order valence-corrected chi connectivity index (χ1v) is 7.50. The van der Waals surface area contributed by atoms with Gasteiger partial charge in [0, 0.05) is 19.5 Å².